The number of aromatic nitrogens is 2. The molecule has 2 amide bonds. The number of rotatable bonds is 9. The van der Waals surface area contributed by atoms with Crippen molar-refractivity contribution in [1.82, 2.24) is 19.8 Å². The maximum absolute atomic E-state index is 15.9. The van der Waals surface area contributed by atoms with E-state index in [2.05, 4.69) is 53.1 Å². The fourth-order valence-electron chi connectivity index (χ4n) is 5.26. The predicted octanol–water partition coefficient (Wildman–Crippen LogP) is 8.32. The van der Waals surface area contributed by atoms with Crippen molar-refractivity contribution in [3.63, 3.8) is 0 Å². The third-order valence-corrected chi connectivity index (χ3v) is 10.3. The topological polar surface area (TPSA) is 109 Å². The molecule has 1 fully saturated rings. The number of hydrogen-bond acceptors (Lipinski definition) is 8. The number of thioether (sulfide) groups is 1. The number of alkyl carbamates (subject to hydrolysis) is 1. The first kappa shape index (κ1) is 33.9. The van der Waals surface area contributed by atoms with E-state index in [-0.39, 0.29) is 30.7 Å². The van der Waals surface area contributed by atoms with Gasteiger partial charge in [0.25, 0.3) is 0 Å². The van der Waals surface area contributed by atoms with Crippen LogP contribution in [0.4, 0.5) is 14.0 Å². The fourth-order valence-corrected chi connectivity index (χ4v) is 7.01. The van der Waals surface area contributed by atoms with E-state index in [0.717, 1.165) is 16.6 Å². The van der Waals surface area contributed by atoms with Crippen molar-refractivity contribution >= 4 is 91.8 Å². The Morgan fingerprint density at radius 1 is 1.35 bits per heavy atom. The minimum atomic E-state index is -0.630. The van der Waals surface area contributed by atoms with E-state index in [0.29, 0.717) is 52.1 Å². The number of likely N-dealkylation sites (tertiary alicyclic amines) is 1. The lowest BCUT2D eigenvalue weighted by molar-refractivity contribution is 0.0289. The molecule has 232 valence electrons. The highest BCUT2D eigenvalue weighted by Crippen LogP contribution is 2.42. The number of fused-ring (bicyclic) bond motifs is 3. The Labute approximate surface area is 279 Å². The van der Waals surface area contributed by atoms with Crippen LogP contribution >= 0.6 is 57.8 Å². The smallest absolute Gasteiger partial charge is 0.410 e. The first-order valence-corrected chi connectivity index (χ1v) is 19.4. The average Bonchev–Trinajstić information content (AvgIpc) is 3.59. The zero-order valence-corrected chi connectivity index (χ0v) is 30.0. The van der Waals surface area contributed by atoms with Crippen LogP contribution in [-0.4, -0.2) is 63.9 Å². The highest BCUT2D eigenvalue weighted by atomic mass is 127. The second-order valence-electron chi connectivity index (χ2n) is 11.2. The molecule has 3 aromatic rings. The van der Waals surface area contributed by atoms with Gasteiger partial charge in [0, 0.05) is 41.7 Å². The van der Waals surface area contributed by atoms with Gasteiger partial charge >= 0.3 is 12.2 Å². The SMILES string of the molecule is CSc1nc2c(F)c(Br)c(CCC#N)cc2c2c1cc(C(C)NC(=O)OCCSI)n2C1CCN(C(=O)OC(C)(C)C)C1. The number of pyridine rings is 1. The number of nitriles is 1. The van der Waals surface area contributed by atoms with Gasteiger partial charge < -0.3 is 24.3 Å². The molecule has 1 aliphatic rings. The summed E-state index contributed by atoms with van der Waals surface area (Å²) in [6.07, 6.45) is 2.22. The summed E-state index contributed by atoms with van der Waals surface area (Å²) in [5, 5.41) is 14.2. The van der Waals surface area contributed by atoms with Crippen molar-refractivity contribution in [2.45, 2.75) is 69.7 Å². The third-order valence-electron chi connectivity index (χ3n) is 7.07. The second-order valence-corrected chi connectivity index (χ2v) is 15.3. The van der Waals surface area contributed by atoms with Crippen molar-refractivity contribution in [3.8, 4) is 6.07 Å². The number of benzene rings is 1. The zero-order valence-electron chi connectivity index (χ0n) is 24.6. The Morgan fingerprint density at radius 3 is 2.74 bits per heavy atom. The van der Waals surface area contributed by atoms with Gasteiger partial charge in [0.05, 0.1) is 28.1 Å². The number of carbonyl (C=O) groups is 2. The first-order chi connectivity index (χ1) is 20.4. The van der Waals surface area contributed by atoms with Crippen molar-refractivity contribution in [3.05, 3.63) is 33.7 Å². The van der Waals surface area contributed by atoms with Gasteiger partial charge in [-0.15, -0.1) is 11.8 Å². The number of hydrogen-bond donors (Lipinski definition) is 1. The van der Waals surface area contributed by atoms with Crippen LogP contribution < -0.4 is 5.32 Å². The molecule has 0 saturated carbocycles. The average molecular weight is 807 g/mol. The molecule has 0 bridgehead atoms. The third kappa shape index (κ3) is 7.65. The number of halogens is 3. The minimum absolute atomic E-state index is 0.176. The monoisotopic (exact) mass is 805 g/mol. The number of amides is 2. The van der Waals surface area contributed by atoms with Gasteiger partial charge in [-0.25, -0.2) is 19.0 Å². The van der Waals surface area contributed by atoms with E-state index in [1.54, 1.807) is 13.8 Å². The van der Waals surface area contributed by atoms with Crippen molar-refractivity contribution in [2.24, 2.45) is 0 Å². The molecule has 3 heterocycles. The van der Waals surface area contributed by atoms with Gasteiger partial charge in [0.2, 0.25) is 0 Å². The van der Waals surface area contributed by atoms with Crippen molar-refractivity contribution in [1.29, 1.82) is 5.26 Å². The molecule has 1 saturated heterocycles. The first-order valence-electron chi connectivity index (χ1n) is 13.8. The van der Waals surface area contributed by atoms with Gasteiger partial charge in [-0.05, 0) is 102 Å². The zero-order chi connectivity index (χ0) is 31.5. The minimum Gasteiger partial charge on any atom is -0.449 e. The van der Waals surface area contributed by atoms with Crippen LogP contribution in [0.3, 0.4) is 0 Å². The van der Waals surface area contributed by atoms with Crippen molar-refractivity contribution < 1.29 is 23.5 Å². The van der Waals surface area contributed by atoms with Crippen molar-refractivity contribution in [2.75, 3.05) is 31.7 Å². The molecule has 2 atom stereocenters. The van der Waals surface area contributed by atoms with Crippen LogP contribution in [0.25, 0.3) is 21.8 Å². The summed E-state index contributed by atoms with van der Waals surface area (Å²) in [4.78, 5) is 32.1. The lowest BCUT2D eigenvalue weighted by Gasteiger charge is -2.26. The maximum Gasteiger partial charge on any atom is 0.410 e. The van der Waals surface area contributed by atoms with E-state index in [4.69, 9.17) is 14.5 Å². The second kappa shape index (κ2) is 14.4. The summed E-state index contributed by atoms with van der Waals surface area (Å²) in [6.45, 7) is 8.54. The normalized spacial score (nSPS) is 16.0. The molecule has 14 heteroatoms. The van der Waals surface area contributed by atoms with Gasteiger partial charge in [-0.3, -0.25) is 0 Å². The molecular weight excluding hydrogens is 772 g/mol. The van der Waals surface area contributed by atoms with Gasteiger partial charge in [0.1, 0.15) is 22.8 Å². The Morgan fingerprint density at radius 2 is 2.09 bits per heavy atom. The van der Waals surface area contributed by atoms with Crippen LogP contribution in [-0.2, 0) is 15.9 Å². The Kier molecular flexibility index (Phi) is 11.4. The summed E-state index contributed by atoms with van der Waals surface area (Å²) in [6, 6.07) is 5.38. The van der Waals surface area contributed by atoms with Crippen LogP contribution in [0.5, 0.6) is 0 Å². The summed E-state index contributed by atoms with van der Waals surface area (Å²) in [5.41, 5.74) is 1.82. The molecule has 2 unspecified atom stereocenters. The quantitative estimate of drug-likeness (QED) is 0.131. The van der Waals surface area contributed by atoms with E-state index < -0.39 is 23.6 Å². The van der Waals surface area contributed by atoms with E-state index in [1.807, 2.05) is 46.1 Å². The van der Waals surface area contributed by atoms with E-state index >= 15 is 4.39 Å². The number of nitrogens with one attached hydrogen (secondary N) is 1. The van der Waals surface area contributed by atoms with Crippen LogP contribution in [0.1, 0.15) is 63.9 Å². The molecule has 4 rings (SSSR count). The van der Waals surface area contributed by atoms with Gasteiger partial charge in [-0.1, -0.05) is 8.93 Å². The molecule has 43 heavy (non-hydrogen) atoms. The molecule has 0 radical (unpaired) electrons. The molecule has 1 N–H and O–H groups in total. The lowest BCUT2D eigenvalue weighted by Crippen LogP contribution is -2.35. The molecular formula is C29H34BrFIN5O4S2. The largest absolute Gasteiger partial charge is 0.449 e. The number of carbonyl (C=O) groups excluding carboxylic acids is 2. The highest BCUT2D eigenvalue weighted by Gasteiger charge is 2.34. The predicted molar refractivity (Wildman–Crippen MR) is 181 cm³/mol. The fraction of sp³-hybridized carbons (Fsp3) is 0.517. The number of aryl methyl sites for hydroxylation is 1. The van der Waals surface area contributed by atoms with E-state index in [1.165, 1.54) is 11.8 Å². The molecule has 2 aromatic heterocycles. The summed E-state index contributed by atoms with van der Waals surface area (Å²) in [5.74, 6) is 0.191. The highest BCUT2D eigenvalue weighted by molar-refractivity contribution is 14.2. The Balaban J connectivity index is 1.90. The Bertz CT molecular complexity index is 1570. The molecule has 1 aromatic carbocycles. The Hall–Kier alpha value is -1.96. The summed E-state index contributed by atoms with van der Waals surface area (Å²) in [7, 11) is 1.56. The van der Waals surface area contributed by atoms with E-state index in [9.17, 15) is 14.9 Å². The number of nitrogens with zero attached hydrogens (tertiary/aromatic N) is 4. The van der Waals surface area contributed by atoms with Gasteiger partial charge in [0.15, 0.2) is 5.82 Å². The van der Waals surface area contributed by atoms with Crippen LogP contribution in [0.15, 0.2) is 21.6 Å². The number of ether oxygens (including phenoxy) is 2. The molecule has 9 nitrogen and oxygen atoms in total. The van der Waals surface area contributed by atoms with Gasteiger partial charge in [-0.2, -0.15) is 5.26 Å². The standard InChI is InChI=1S/C29H34BrFIN5O4S2/c1-16(34-27(38)40-11-12-43-32)21-14-20-25(37(21)18-8-10-36(15-18)28(39)41-29(2,3)4)19-13-17(7-6-9-33)22(30)23(31)24(19)35-26(20)42-5/h13-14,16,18H,6-8,10-12,15H2,1-5H3,(H,34,38). The molecule has 1 aliphatic heterocycles. The van der Waals surface area contributed by atoms with Crippen LogP contribution in [0, 0.1) is 17.1 Å². The maximum atomic E-state index is 15.9. The summed E-state index contributed by atoms with van der Waals surface area (Å²) >= 11 is 6.96. The molecule has 0 aliphatic carbocycles. The lowest BCUT2D eigenvalue weighted by atomic mass is 10.0. The summed E-state index contributed by atoms with van der Waals surface area (Å²) < 4.78 is 29.3. The van der Waals surface area contributed by atoms with Crippen LogP contribution in [0.2, 0.25) is 0 Å². The molecule has 0 spiro atoms.